The van der Waals surface area contributed by atoms with E-state index in [4.69, 9.17) is 5.73 Å². The summed E-state index contributed by atoms with van der Waals surface area (Å²) in [5.74, 6) is 0.735. The number of aromatic nitrogens is 4. The zero-order chi connectivity index (χ0) is 11.5. The minimum atomic E-state index is 0.578. The Morgan fingerprint density at radius 3 is 2.88 bits per heavy atom. The molecule has 2 aromatic heterocycles. The second kappa shape index (κ2) is 4.18. The first kappa shape index (κ1) is 10.4. The van der Waals surface area contributed by atoms with Gasteiger partial charge in [-0.25, -0.2) is 9.97 Å². The minimum absolute atomic E-state index is 0.578. The Bertz CT molecular complexity index is 478. The van der Waals surface area contributed by atoms with Crippen LogP contribution in [-0.2, 0) is 13.6 Å². The summed E-state index contributed by atoms with van der Waals surface area (Å²) in [6.07, 6.45) is 6.88. The van der Waals surface area contributed by atoms with Crippen molar-refractivity contribution in [3.05, 3.63) is 30.5 Å². The summed E-state index contributed by atoms with van der Waals surface area (Å²) in [6, 6.07) is 0. The van der Waals surface area contributed by atoms with E-state index in [1.54, 1.807) is 10.9 Å². The van der Waals surface area contributed by atoms with Crippen LogP contribution in [0.1, 0.15) is 5.56 Å². The Morgan fingerprint density at radius 2 is 2.25 bits per heavy atom. The van der Waals surface area contributed by atoms with Crippen LogP contribution in [0.3, 0.4) is 0 Å². The van der Waals surface area contributed by atoms with E-state index in [-0.39, 0.29) is 0 Å². The van der Waals surface area contributed by atoms with Crippen molar-refractivity contribution in [1.29, 1.82) is 0 Å². The molecule has 0 aliphatic carbocycles. The maximum absolute atomic E-state index is 5.79. The molecule has 0 amide bonds. The van der Waals surface area contributed by atoms with Gasteiger partial charge in [0, 0.05) is 32.4 Å². The van der Waals surface area contributed by atoms with Crippen LogP contribution in [0.5, 0.6) is 0 Å². The fraction of sp³-hybridized carbons (Fsp3) is 0.300. The van der Waals surface area contributed by atoms with Crippen LogP contribution < -0.4 is 10.6 Å². The molecule has 84 valence electrons. The minimum Gasteiger partial charge on any atom is -0.394 e. The predicted octanol–water partition coefficient (Wildman–Crippen LogP) is 0.429. The number of hydrogen-bond donors (Lipinski definition) is 1. The van der Waals surface area contributed by atoms with E-state index < -0.39 is 0 Å². The van der Waals surface area contributed by atoms with Gasteiger partial charge < -0.3 is 10.6 Å². The molecule has 16 heavy (non-hydrogen) atoms. The summed E-state index contributed by atoms with van der Waals surface area (Å²) in [6.45, 7) is 0.717. The molecule has 2 aromatic rings. The van der Waals surface area contributed by atoms with Crippen molar-refractivity contribution in [3.8, 4) is 0 Å². The Morgan fingerprint density at radius 1 is 1.44 bits per heavy atom. The molecule has 0 atom stereocenters. The van der Waals surface area contributed by atoms with Gasteiger partial charge in [0.2, 0.25) is 0 Å². The fourth-order valence-corrected chi connectivity index (χ4v) is 1.56. The quantitative estimate of drug-likeness (QED) is 0.808. The molecule has 0 saturated carbocycles. The second-order valence-electron chi connectivity index (χ2n) is 3.68. The topological polar surface area (TPSA) is 72.9 Å². The van der Waals surface area contributed by atoms with Crippen molar-refractivity contribution in [2.75, 3.05) is 17.7 Å². The highest BCUT2D eigenvalue weighted by atomic mass is 15.2. The molecular weight excluding hydrogens is 204 g/mol. The second-order valence-corrected chi connectivity index (χ2v) is 3.68. The van der Waals surface area contributed by atoms with E-state index in [1.807, 2.05) is 31.4 Å². The summed E-state index contributed by atoms with van der Waals surface area (Å²) >= 11 is 0. The third kappa shape index (κ3) is 2.10. The molecule has 2 rings (SSSR count). The van der Waals surface area contributed by atoms with E-state index in [1.165, 1.54) is 6.33 Å². The molecule has 2 N–H and O–H groups in total. The van der Waals surface area contributed by atoms with Gasteiger partial charge in [-0.05, 0) is 0 Å². The van der Waals surface area contributed by atoms with Gasteiger partial charge in [0.25, 0.3) is 0 Å². The zero-order valence-corrected chi connectivity index (χ0v) is 9.33. The normalized spacial score (nSPS) is 10.4. The van der Waals surface area contributed by atoms with Crippen molar-refractivity contribution in [2.45, 2.75) is 6.54 Å². The van der Waals surface area contributed by atoms with Gasteiger partial charge in [-0.3, -0.25) is 4.68 Å². The smallest absolute Gasteiger partial charge is 0.155 e. The highest BCUT2D eigenvalue weighted by Gasteiger charge is 2.08. The van der Waals surface area contributed by atoms with Gasteiger partial charge in [-0.2, -0.15) is 5.10 Å². The first-order valence-electron chi connectivity index (χ1n) is 4.91. The Kier molecular flexibility index (Phi) is 2.72. The van der Waals surface area contributed by atoms with Crippen LogP contribution in [0.4, 0.5) is 11.5 Å². The van der Waals surface area contributed by atoms with Crippen molar-refractivity contribution in [3.63, 3.8) is 0 Å². The first-order chi connectivity index (χ1) is 7.66. The van der Waals surface area contributed by atoms with Gasteiger partial charge in [0.15, 0.2) is 5.82 Å². The number of hydrogen-bond acceptors (Lipinski definition) is 5. The molecule has 0 spiro atoms. The van der Waals surface area contributed by atoms with Gasteiger partial charge in [-0.15, -0.1) is 0 Å². The number of nitrogens with zero attached hydrogens (tertiary/aromatic N) is 5. The average Bonchev–Trinajstić information content (AvgIpc) is 2.64. The molecule has 0 radical (unpaired) electrons. The summed E-state index contributed by atoms with van der Waals surface area (Å²) in [7, 11) is 3.83. The van der Waals surface area contributed by atoms with Gasteiger partial charge in [0.1, 0.15) is 6.33 Å². The van der Waals surface area contributed by atoms with E-state index in [2.05, 4.69) is 15.1 Å². The average molecular weight is 218 g/mol. The van der Waals surface area contributed by atoms with E-state index in [9.17, 15) is 0 Å². The number of aryl methyl sites for hydroxylation is 1. The zero-order valence-electron chi connectivity index (χ0n) is 9.33. The maximum atomic E-state index is 5.79. The molecule has 0 unspecified atom stereocenters. The predicted molar refractivity (Wildman–Crippen MR) is 61.8 cm³/mol. The number of rotatable bonds is 3. The van der Waals surface area contributed by atoms with E-state index >= 15 is 0 Å². The third-order valence-corrected chi connectivity index (χ3v) is 2.26. The van der Waals surface area contributed by atoms with Crippen LogP contribution >= 0.6 is 0 Å². The lowest BCUT2D eigenvalue weighted by Crippen LogP contribution is -2.19. The van der Waals surface area contributed by atoms with Gasteiger partial charge in [-0.1, -0.05) is 0 Å². The fourth-order valence-electron chi connectivity index (χ4n) is 1.56. The molecular formula is C10H14N6. The number of nitrogen functional groups attached to an aromatic ring is 1. The third-order valence-electron chi connectivity index (χ3n) is 2.26. The lowest BCUT2D eigenvalue weighted by Gasteiger charge is -2.18. The molecule has 0 aliphatic rings. The molecule has 0 bridgehead atoms. The largest absolute Gasteiger partial charge is 0.394 e. The molecule has 0 saturated heterocycles. The van der Waals surface area contributed by atoms with Crippen molar-refractivity contribution in [1.82, 2.24) is 19.7 Å². The highest BCUT2D eigenvalue weighted by molar-refractivity contribution is 5.60. The molecule has 0 aliphatic heterocycles. The first-order valence-corrected chi connectivity index (χ1v) is 4.91. The highest BCUT2D eigenvalue weighted by Crippen LogP contribution is 2.18. The van der Waals surface area contributed by atoms with E-state index in [0.717, 1.165) is 17.9 Å². The number of nitrogens with two attached hydrogens (primary N) is 1. The van der Waals surface area contributed by atoms with Crippen LogP contribution in [0, 0.1) is 0 Å². The van der Waals surface area contributed by atoms with Crippen LogP contribution in [0.2, 0.25) is 0 Å². The summed E-state index contributed by atoms with van der Waals surface area (Å²) in [5, 5.41) is 4.11. The monoisotopic (exact) mass is 218 g/mol. The summed E-state index contributed by atoms with van der Waals surface area (Å²) < 4.78 is 1.77. The van der Waals surface area contributed by atoms with Crippen molar-refractivity contribution < 1.29 is 0 Å². The molecule has 2 heterocycles. The standard InChI is InChI=1S/C10H14N6/c1-15(5-8-3-14-16(2)6-8)10-9(11)4-12-7-13-10/h3-4,6-7H,5,11H2,1-2H3. The number of anilines is 2. The Balaban J connectivity index is 2.14. The maximum Gasteiger partial charge on any atom is 0.155 e. The summed E-state index contributed by atoms with van der Waals surface area (Å²) in [5.41, 5.74) is 7.48. The Hall–Kier alpha value is -2.11. The molecule has 6 nitrogen and oxygen atoms in total. The van der Waals surface area contributed by atoms with Crippen molar-refractivity contribution in [2.24, 2.45) is 7.05 Å². The SMILES string of the molecule is CN(Cc1cnn(C)c1)c1ncncc1N. The van der Waals surface area contributed by atoms with Crippen molar-refractivity contribution >= 4 is 11.5 Å². The molecule has 0 aromatic carbocycles. The van der Waals surface area contributed by atoms with Gasteiger partial charge >= 0.3 is 0 Å². The van der Waals surface area contributed by atoms with Gasteiger partial charge in [0.05, 0.1) is 18.1 Å². The lowest BCUT2D eigenvalue weighted by atomic mass is 10.3. The van der Waals surface area contributed by atoms with Crippen LogP contribution in [-0.4, -0.2) is 26.8 Å². The van der Waals surface area contributed by atoms with E-state index in [0.29, 0.717) is 5.69 Å². The van der Waals surface area contributed by atoms with Crippen LogP contribution in [0.25, 0.3) is 0 Å². The Labute approximate surface area is 93.7 Å². The van der Waals surface area contributed by atoms with Crippen LogP contribution in [0.15, 0.2) is 24.9 Å². The lowest BCUT2D eigenvalue weighted by molar-refractivity contribution is 0.766. The molecule has 0 fully saturated rings. The summed E-state index contributed by atoms with van der Waals surface area (Å²) in [4.78, 5) is 9.97. The molecule has 6 heteroatoms.